The molecule has 0 spiro atoms. The molecule has 2 amide bonds. The average Bonchev–Trinajstić information content (AvgIpc) is 2.84. The van der Waals surface area contributed by atoms with Crippen LogP contribution in [-0.4, -0.2) is 37.4 Å². The lowest BCUT2D eigenvalue weighted by Gasteiger charge is -2.21. The van der Waals surface area contributed by atoms with Crippen LogP contribution in [0.4, 0.5) is 4.79 Å². The molecule has 3 N–H and O–H groups in total. The fourth-order valence-electron chi connectivity index (χ4n) is 1.65. The Balaban J connectivity index is 2.26. The predicted molar refractivity (Wildman–Crippen MR) is 75.5 cm³/mol. The first-order valence-electron chi connectivity index (χ1n) is 6.84. The molecule has 1 unspecified atom stereocenters. The summed E-state index contributed by atoms with van der Waals surface area (Å²) in [6.07, 6.45) is 0.759. The Labute approximate surface area is 119 Å². The predicted octanol–water partition coefficient (Wildman–Crippen LogP) is 1.52. The van der Waals surface area contributed by atoms with Crippen molar-refractivity contribution in [3.05, 3.63) is 23.7 Å². The summed E-state index contributed by atoms with van der Waals surface area (Å²) in [5, 5.41) is 15.6. The molecule has 0 aromatic carbocycles. The number of hydrogen-bond acceptors (Lipinski definition) is 4. The second kappa shape index (κ2) is 7.91. The zero-order valence-electron chi connectivity index (χ0n) is 12.4. The minimum atomic E-state index is -1.23. The van der Waals surface area contributed by atoms with Crippen LogP contribution in [0.25, 0.3) is 0 Å². The van der Waals surface area contributed by atoms with E-state index in [-0.39, 0.29) is 12.6 Å². The van der Waals surface area contributed by atoms with E-state index in [0.29, 0.717) is 25.5 Å². The molecule has 0 saturated carbocycles. The molecule has 6 nitrogen and oxygen atoms in total. The maximum absolute atomic E-state index is 11.6. The number of amides is 2. The number of hydrogen-bond donors (Lipinski definition) is 3. The summed E-state index contributed by atoms with van der Waals surface area (Å²) in [6, 6.07) is 3.17. The van der Waals surface area contributed by atoms with Crippen molar-refractivity contribution in [2.45, 2.75) is 32.8 Å². The lowest BCUT2D eigenvalue weighted by Crippen LogP contribution is -2.43. The van der Waals surface area contributed by atoms with Gasteiger partial charge in [-0.1, -0.05) is 0 Å². The smallest absolute Gasteiger partial charge is 0.314 e. The molecule has 1 atom stereocenters. The summed E-state index contributed by atoms with van der Waals surface area (Å²) in [4.78, 5) is 11.6. The summed E-state index contributed by atoms with van der Waals surface area (Å²) < 4.78 is 10.5. The lowest BCUT2D eigenvalue weighted by atomic mass is 10.0. The topological polar surface area (TPSA) is 83.7 Å². The van der Waals surface area contributed by atoms with E-state index >= 15 is 0 Å². The minimum absolute atomic E-state index is 0.0806. The van der Waals surface area contributed by atoms with E-state index in [1.165, 1.54) is 0 Å². The molecule has 0 radical (unpaired) electrons. The first-order valence-corrected chi connectivity index (χ1v) is 6.84. The van der Waals surface area contributed by atoms with Crippen LogP contribution in [0, 0.1) is 6.92 Å². The average molecular weight is 284 g/mol. The van der Waals surface area contributed by atoms with E-state index in [0.717, 1.165) is 12.2 Å². The Morgan fingerprint density at radius 2 is 2.20 bits per heavy atom. The van der Waals surface area contributed by atoms with Gasteiger partial charge in [0.25, 0.3) is 0 Å². The number of urea groups is 1. The third kappa shape index (κ3) is 5.63. The molecule has 1 heterocycles. The molecule has 0 fully saturated rings. The largest absolute Gasteiger partial charge is 0.463 e. The van der Waals surface area contributed by atoms with Crippen LogP contribution < -0.4 is 10.6 Å². The van der Waals surface area contributed by atoms with Crippen LogP contribution in [-0.2, 0) is 10.3 Å². The molecule has 0 aliphatic heterocycles. The van der Waals surface area contributed by atoms with Crippen molar-refractivity contribution in [3.63, 3.8) is 0 Å². The molecule has 0 aliphatic rings. The van der Waals surface area contributed by atoms with Crippen molar-refractivity contribution in [2.24, 2.45) is 0 Å². The molecular formula is C14H24N2O4. The van der Waals surface area contributed by atoms with Gasteiger partial charge in [-0.2, -0.15) is 0 Å². The van der Waals surface area contributed by atoms with Gasteiger partial charge in [0, 0.05) is 19.8 Å². The molecule has 6 heteroatoms. The molecule has 1 rings (SSSR count). The summed E-state index contributed by atoms with van der Waals surface area (Å²) in [5.41, 5.74) is -1.23. The van der Waals surface area contributed by atoms with Crippen molar-refractivity contribution in [2.75, 3.05) is 26.3 Å². The minimum Gasteiger partial charge on any atom is -0.463 e. The molecule has 20 heavy (non-hydrogen) atoms. The Kier molecular flexibility index (Phi) is 6.54. The molecule has 1 aromatic heterocycles. The lowest BCUT2D eigenvalue weighted by molar-refractivity contribution is 0.0359. The van der Waals surface area contributed by atoms with Gasteiger partial charge in [-0.3, -0.25) is 0 Å². The molecule has 1 aromatic rings. The van der Waals surface area contributed by atoms with Gasteiger partial charge < -0.3 is 24.9 Å². The summed E-state index contributed by atoms with van der Waals surface area (Å²) in [7, 11) is 0. The highest BCUT2D eigenvalue weighted by Crippen LogP contribution is 2.21. The van der Waals surface area contributed by atoms with Crippen LogP contribution in [0.15, 0.2) is 16.5 Å². The van der Waals surface area contributed by atoms with E-state index in [9.17, 15) is 9.90 Å². The van der Waals surface area contributed by atoms with Crippen molar-refractivity contribution >= 4 is 6.03 Å². The number of nitrogens with one attached hydrogen (secondary N) is 2. The zero-order chi connectivity index (χ0) is 15.0. The van der Waals surface area contributed by atoms with E-state index in [1.54, 1.807) is 26.0 Å². The van der Waals surface area contributed by atoms with Gasteiger partial charge >= 0.3 is 6.03 Å². The molecular weight excluding hydrogens is 260 g/mol. The van der Waals surface area contributed by atoms with Gasteiger partial charge in [-0.15, -0.1) is 0 Å². The maximum Gasteiger partial charge on any atom is 0.314 e. The third-order valence-corrected chi connectivity index (χ3v) is 2.82. The third-order valence-electron chi connectivity index (χ3n) is 2.82. The summed E-state index contributed by atoms with van der Waals surface area (Å²) in [5.74, 6) is 1.16. The number of rotatable bonds is 8. The highest BCUT2D eigenvalue weighted by molar-refractivity contribution is 5.73. The van der Waals surface area contributed by atoms with E-state index in [1.807, 2.05) is 6.92 Å². The normalized spacial score (nSPS) is 13.8. The second-order valence-corrected chi connectivity index (χ2v) is 4.84. The Morgan fingerprint density at radius 3 is 2.80 bits per heavy atom. The van der Waals surface area contributed by atoms with Crippen molar-refractivity contribution in [3.8, 4) is 0 Å². The number of ether oxygens (including phenoxy) is 1. The SMILES string of the molecule is CCOCCCNC(=O)NCC(C)(O)c1ccc(C)o1. The second-order valence-electron chi connectivity index (χ2n) is 4.84. The number of furan rings is 1. The van der Waals surface area contributed by atoms with Crippen molar-refractivity contribution in [1.82, 2.24) is 10.6 Å². The van der Waals surface area contributed by atoms with E-state index < -0.39 is 5.60 Å². The van der Waals surface area contributed by atoms with Crippen LogP contribution >= 0.6 is 0 Å². The quantitative estimate of drug-likeness (QED) is 0.632. The van der Waals surface area contributed by atoms with Gasteiger partial charge in [-0.05, 0) is 39.3 Å². The van der Waals surface area contributed by atoms with Crippen LogP contribution in [0.3, 0.4) is 0 Å². The first kappa shape index (κ1) is 16.5. The molecule has 114 valence electrons. The number of carbonyl (C=O) groups excluding carboxylic acids is 1. The monoisotopic (exact) mass is 284 g/mol. The van der Waals surface area contributed by atoms with Gasteiger partial charge in [0.05, 0.1) is 6.54 Å². The molecule has 0 bridgehead atoms. The van der Waals surface area contributed by atoms with Gasteiger partial charge in [-0.25, -0.2) is 4.79 Å². The number of aliphatic hydroxyl groups is 1. The fraction of sp³-hybridized carbons (Fsp3) is 0.643. The van der Waals surface area contributed by atoms with Gasteiger partial charge in [0.1, 0.15) is 17.1 Å². The molecule has 0 aliphatic carbocycles. The van der Waals surface area contributed by atoms with Crippen molar-refractivity contribution in [1.29, 1.82) is 0 Å². The van der Waals surface area contributed by atoms with Crippen LogP contribution in [0.5, 0.6) is 0 Å². The highest BCUT2D eigenvalue weighted by atomic mass is 16.5. The Bertz CT molecular complexity index is 415. The first-order chi connectivity index (χ1) is 9.45. The van der Waals surface area contributed by atoms with Crippen molar-refractivity contribution < 1.29 is 19.1 Å². The van der Waals surface area contributed by atoms with Crippen LogP contribution in [0.1, 0.15) is 31.8 Å². The van der Waals surface area contributed by atoms with Gasteiger partial charge in [0.2, 0.25) is 0 Å². The number of aryl methyl sites for hydroxylation is 1. The maximum atomic E-state index is 11.6. The fourth-order valence-corrected chi connectivity index (χ4v) is 1.65. The summed E-state index contributed by atoms with van der Waals surface area (Å²) >= 11 is 0. The summed E-state index contributed by atoms with van der Waals surface area (Å²) in [6.45, 7) is 7.25. The Hall–Kier alpha value is -1.53. The van der Waals surface area contributed by atoms with Crippen LogP contribution in [0.2, 0.25) is 0 Å². The van der Waals surface area contributed by atoms with E-state index in [4.69, 9.17) is 9.15 Å². The zero-order valence-corrected chi connectivity index (χ0v) is 12.4. The van der Waals surface area contributed by atoms with Gasteiger partial charge in [0.15, 0.2) is 0 Å². The Morgan fingerprint density at radius 1 is 1.45 bits per heavy atom. The van der Waals surface area contributed by atoms with E-state index in [2.05, 4.69) is 10.6 Å². The standard InChI is InChI=1S/C14H24N2O4/c1-4-19-9-5-8-15-13(17)16-10-14(3,18)12-7-6-11(2)20-12/h6-7,18H,4-5,8-10H2,1-3H3,(H2,15,16,17). The number of carbonyl (C=O) groups is 1. The molecule has 0 saturated heterocycles. The highest BCUT2D eigenvalue weighted by Gasteiger charge is 2.27.